The number of nitrogens with zero attached hydrogens (tertiary/aromatic N) is 2. The summed E-state index contributed by atoms with van der Waals surface area (Å²) in [6.45, 7) is 4.96. The summed E-state index contributed by atoms with van der Waals surface area (Å²) in [5.74, 6) is 0.881. The van der Waals surface area contributed by atoms with Crippen molar-refractivity contribution in [3.63, 3.8) is 0 Å². The molecule has 0 saturated heterocycles. The van der Waals surface area contributed by atoms with Crippen LogP contribution in [0.2, 0.25) is 0 Å². The van der Waals surface area contributed by atoms with Crippen LogP contribution in [-0.2, 0) is 6.54 Å². The van der Waals surface area contributed by atoms with Crippen molar-refractivity contribution in [3.8, 4) is 0 Å². The maximum absolute atomic E-state index is 4.38. The van der Waals surface area contributed by atoms with E-state index in [0.29, 0.717) is 0 Å². The molecule has 0 fully saturated rings. The summed E-state index contributed by atoms with van der Waals surface area (Å²) < 4.78 is 1.09. The van der Waals surface area contributed by atoms with Crippen LogP contribution in [0.5, 0.6) is 0 Å². The Morgan fingerprint density at radius 3 is 2.48 bits per heavy atom. The average Bonchev–Trinajstić information content (AvgIpc) is 2.48. The molecule has 0 radical (unpaired) electrons. The predicted octanol–water partition coefficient (Wildman–Crippen LogP) is 4.62. The van der Waals surface area contributed by atoms with Crippen molar-refractivity contribution in [2.75, 3.05) is 5.32 Å². The molecular weight excluding hydrogens is 326 g/mol. The quantitative estimate of drug-likeness (QED) is 0.755. The standard InChI is InChI=1S/C17H16BrN3/c1-11-7-15-16(8-12(11)2)20-10-21-17(15)19-9-13-3-5-14(18)6-4-13/h3-8,10H,9H2,1-2H3,(H,19,20,21). The maximum atomic E-state index is 4.38. The van der Waals surface area contributed by atoms with Gasteiger partial charge >= 0.3 is 0 Å². The largest absolute Gasteiger partial charge is 0.365 e. The average molecular weight is 342 g/mol. The molecule has 0 saturated carbocycles. The normalized spacial score (nSPS) is 10.8. The zero-order chi connectivity index (χ0) is 14.8. The molecule has 106 valence electrons. The van der Waals surface area contributed by atoms with Gasteiger partial charge in [-0.05, 0) is 54.8 Å². The van der Waals surface area contributed by atoms with Crippen LogP contribution in [0.25, 0.3) is 10.9 Å². The zero-order valence-corrected chi connectivity index (χ0v) is 13.6. The van der Waals surface area contributed by atoms with Gasteiger partial charge < -0.3 is 5.32 Å². The van der Waals surface area contributed by atoms with E-state index in [4.69, 9.17) is 0 Å². The maximum Gasteiger partial charge on any atom is 0.137 e. The number of hydrogen-bond donors (Lipinski definition) is 1. The van der Waals surface area contributed by atoms with E-state index in [1.165, 1.54) is 16.7 Å². The highest BCUT2D eigenvalue weighted by molar-refractivity contribution is 9.10. The molecule has 1 aromatic heterocycles. The number of aryl methyl sites for hydroxylation is 2. The van der Waals surface area contributed by atoms with E-state index in [-0.39, 0.29) is 0 Å². The molecule has 0 atom stereocenters. The Kier molecular flexibility index (Phi) is 3.88. The van der Waals surface area contributed by atoms with Crippen molar-refractivity contribution in [1.82, 2.24) is 9.97 Å². The van der Waals surface area contributed by atoms with Gasteiger partial charge in [-0.3, -0.25) is 0 Å². The van der Waals surface area contributed by atoms with Gasteiger partial charge in [-0.1, -0.05) is 28.1 Å². The molecule has 2 aromatic carbocycles. The summed E-state index contributed by atoms with van der Waals surface area (Å²) in [5.41, 5.74) is 4.70. The zero-order valence-electron chi connectivity index (χ0n) is 12.0. The number of fused-ring (bicyclic) bond motifs is 1. The minimum absolute atomic E-state index is 0.742. The Labute approximate surface area is 132 Å². The van der Waals surface area contributed by atoms with Gasteiger partial charge in [-0.15, -0.1) is 0 Å². The van der Waals surface area contributed by atoms with Gasteiger partial charge in [0.05, 0.1) is 5.52 Å². The van der Waals surface area contributed by atoms with E-state index in [1.807, 2.05) is 12.1 Å². The number of benzene rings is 2. The summed E-state index contributed by atoms with van der Waals surface area (Å²) in [6.07, 6.45) is 1.61. The summed E-state index contributed by atoms with van der Waals surface area (Å²) in [6, 6.07) is 12.5. The van der Waals surface area contributed by atoms with Gasteiger partial charge in [-0.2, -0.15) is 0 Å². The summed E-state index contributed by atoms with van der Waals surface area (Å²) in [7, 11) is 0. The monoisotopic (exact) mass is 341 g/mol. The van der Waals surface area contributed by atoms with E-state index >= 15 is 0 Å². The lowest BCUT2D eigenvalue weighted by atomic mass is 10.1. The van der Waals surface area contributed by atoms with E-state index < -0.39 is 0 Å². The third-order valence-electron chi connectivity index (χ3n) is 3.62. The molecule has 0 aliphatic rings. The van der Waals surface area contributed by atoms with E-state index in [1.54, 1.807) is 6.33 Å². The van der Waals surface area contributed by atoms with Crippen molar-refractivity contribution in [2.45, 2.75) is 20.4 Å². The Balaban J connectivity index is 1.90. The first-order valence-electron chi connectivity index (χ1n) is 6.84. The second kappa shape index (κ2) is 5.82. The number of hydrogen-bond acceptors (Lipinski definition) is 3. The van der Waals surface area contributed by atoms with Gasteiger partial charge in [0.2, 0.25) is 0 Å². The Bertz CT molecular complexity index is 782. The van der Waals surface area contributed by atoms with Crippen molar-refractivity contribution in [2.24, 2.45) is 0 Å². The van der Waals surface area contributed by atoms with E-state index in [9.17, 15) is 0 Å². The van der Waals surface area contributed by atoms with Gasteiger partial charge in [0.15, 0.2) is 0 Å². The molecule has 0 spiro atoms. The van der Waals surface area contributed by atoms with Crippen molar-refractivity contribution >= 4 is 32.7 Å². The number of anilines is 1. The molecule has 3 aromatic rings. The van der Waals surface area contributed by atoms with Gasteiger partial charge in [0, 0.05) is 16.4 Å². The van der Waals surface area contributed by atoms with Gasteiger partial charge in [0.25, 0.3) is 0 Å². The fourth-order valence-corrected chi connectivity index (χ4v) is 2.51. The topological polar surface area (TPSA) is 37.8 Å². The van der Waals surface area contributed by atoms with Gasteiger partial charge in [-0.25, -0.2) is 9.97 Å². The third-order valence-corrected chi connectivity index (χ3v) is 4.15. The summed E-state index contributed by atoms with van der Waals surface area (Å²) in [5, 5.41) is 4.47. The van der Waals surface area contributed by atoms with E-state index in [0.717, 1.165) is 27.7 Å². The molecule has 1 N–H and O–H groups in total. The molecule has 3 nitrogen and oxygen atoms in total. The van der Waals surface area contributed by atoms with Crippen LogP contribution in [0.1, 0.15) is 16.7 Å². The highest BCUT2D eigenvalue weighted by Gasteiger charge is 2.05. The smallest absolute Gasteiger partial charge is 0.137 e. The van der Waals surface area contributed by atoms with Crippen LogP contribution in [0.15, 0.2) is 47.2 Å². The first-order valence-corrected chi connectivity index (χ1v) is 7.63. The minimum Gasteiger partial charge on any atom is -0.365 e. The van der Waals surface area contributed by atoms with Crippen LogP contribution in [0, 0.1) is 13.8 Å². The molecule has 1 heterocycles. The lowest BCUT2D eigenvalue weighted by Gasteiger charge is -2.10. The third kappa shape index (κ3) is 3.05. The molecule has 0 aliphatic heterocycles. The second-order valence-electron chi connectivity index (χ2n) is 5.16. The highest BCUT2D eigenvalue weighted by Crippen LogP contribution is 2.23. The molecule has 21 heavy (non-hydrogen) atoms. The lowest BCUT2D eigenvalue weighted by Crippen LogP contribution is -2.02. The molecule has 0 aliphatic carbocycles. The molecule has 0 unspecified atom stereocenters. The first kappa shape index (κ1) is 14.0. The van der Waals surface area contributed by atoms with Crippen molar-refractivity contribution in [1.29, 1.82) is 0 Å². The minimum atomic E-state index is 0.742. The highest BCUT2D eigenvalue weighted by atomic mass is 79.9. The molecule has 4 heteroatoms. The Hall–Kier alpha value is -1.94. The predicted molar refractivity (Wildman–Crippen MR) is 90.5 cm³/mol. The number of nitrogens with one attached hydrogen (secondary N) is 1. The van der Waals surface area contributed by atoms with Gasteiger partial charge in [0.1, 0.15) is 12.1 Å². The van der Waals surface area contributed by atoms with Crippen LogP contribution in [-0.4, -0.2) is 9.97 Å². The molecule has 3 rings (SSSR count). The fourth-order valence-electron chi connectivity index (χ4n) is 2.24. The van der Waals surface area contributed by atoms with Crippen LogP contribution >= 0.6 is 15.9 Å². The second-order valence-corrected chi connectivity index (χ2v) is 6.07. The fraction of sp³-hybridized carbons (Fsp3) is 0.176. The summed E-state index contributed by atoms with van der Waals surface area (Å²) in [4.78, 5) is 8.73. The van der Waals surface area contributed by atoms with Crippen LogP contribution in [0.3, 0.4) is 0 Å². The Morgan fingerprint density at radius 2 is 1.71 bits per heavy atom. The number of aromatic nitrogens is 2. The first-order chi connectivity index (χ1) is 10.1. The number of halogens is 1. The lowest BCUT2D eigenvalue weighted by molar-refractivity contribution is 1.10. The van der Waals surface area contributed by atoms with Crippen molar-refractivity contribution < 1.29 is 0 Å². The molecule has 0 amide bonds. The molecular formula is C17H16BrN3. The number of rotatable bonds is 3. The van der Waals surface area contributed by atoms with Crippen LogP contribution < -0.4 is 5.32 Å². The van der Waals surface area contributed by atoms with Crippen LogP contribution in [0.4, 0.5) is 5.82 Å². The molecule has 0 bridgehead atoms. The van der Waals surface area contributed by atoms with Crippen molar-refractivity contribution in [3.05, 3.63) is 63.9 Å². The Morgan fingerprint density at radius 1 is 1.00 bits per heavy atom. The van der Waals surface area contributed by atoms with E-state index in [2.05, 4.69) is 69.3 Å². The summed E-state index contributed by atoms with van der Waals surface area (Å²) >= 11 is 3.45. The SMILES string of the molecule is Cc1cc2ncnc(NCc3ccc(Br)cc3)c2cc1C.